The Hall–Kier alpha value is -0.950. The maximum Gasteiger partial charge on any atom is 0.253 e. The highest BCUT2D eigenvalue weighted by atomic mass is 127. The van der Waals surface area contributed by atoms with Gasteiger partial charge < -0.3 is 5.11 Å². The summed E-state index contributed by atoms with van der Waals surface area (Å²) >= 11 is 2.83. The van der Waals surface area contributed by atoms with Gasteiger partial charge in [0.15, 0.2) is 0 Å². The van der Waals surface area contributed by atoms with E-state index in [0.29, 0.717) is 5.01 Å². The van der Waals surface area contributed by atoms with Crippen molar-refractivity contribution in [2.45, 2.75) is 0 Å². The molecule has 0 radical (unpaired) electrons. The van der Waals surface area contributed by atoms with Crippen molar-refractivity contribution in [3.8, 4) is 16.5 Å². The highest BCUT2D eigenvalue weighted by Gasteiger charge is 2.09. The standard InChI is InChI=1S/C10H6INO2S/c11-7-8(13)12-9(15-10(7)14)6-4-2-1-3-5-6/h1-5,13H. The molecule has 0 aliphatic carbocycles. The molecular formula is C10H6INO2S. The second-order valence-corrected chi connectivity index (χ2v) is 4.85. The predicted molar refractivity (Wildman–Crippen MR) is 68.2 cm³/mol. The largest absolute Gasteiger partial charge is 0.492 e. The first-order valence-electron chi connectivity index (χ1n) is 4.13. The zero-order valence-electron chi connectivity index (χ0n) is 7.48. The lowest BCUT2D eigenvalue weighted by Crippen LogP contribution is -2.01. The molecule has 0 aliphatic heterocycles. The van der Waals surface area contributed by atoms with Crippen LogP contribution < -0.4 is 4.74 Å². The maximum absolute atomic E-state index is 11.4. The minimum absolute atomic E-state index is 0.165. The van der Waals surface area contributed by atoms with Gasteiger partial charge >= 0.3 is 0 Å². The van der Waals surface area contributed by atoms with Crippen LogP contribution in [0.25, 0.3) is 10.6 Å². The Labute approximate surface area is 104 Å². The highest BCUT2D eigenvalue weighted by Crippen LogP contribution is 2.23. The number of rotatable bonds is 1. The number of hydrogen-bond acceptors (Lipinski definition) is 4. The van der Waals surface area contributed by atoms with E-state index in [2.05, 4.69) is 4.98 Å². The van der Waals surface area contributed by atoms with Gasteiger partial charge in [-0.15, -0.1) is 0 Å². The van der Waals surface area contributed by atoms with E-state index in [-0.39, 0.29) is 14.2 Å². The highest BCUT2D eigenvalue weighted by molar-refractivity contribution is 14.1. The van der Waals surface area contributed by atoms with Crippen LogP contribution in [0.5, 0.6) is 5.88 Å². The zero-order chi connectivity index (χ0) is 10.8. The average molecular weight is 331 g/mol. The van der Waals surface area contributed by atoms with E-state index in [9.17, 15) is 9.90 Å². The number of halogens is 1. The van der Waals surface area contributed by atoms with Gasteiger partial charge in [0.05, 0.1) is 0 Å². The topological polar surface area (TPSA) is 50.2 Å². The van der Waals surface area contributed by atoms with Crippen molar-refractivity contribution in [1.29, 1.82) is 0 Å². The lowest BCUT2D eigenvalue weighted by molar-refractivity contribution is 0.450. The third-order valence-electron chi connectivity index (χ3n) is 1.79. The first kappa shape index (κ1) is 10.6. The number of aromatic hydroxyl groups is 1. The molecule has 2 rings (SSSR count). The van der Waals surface area contributed by atoms with Crippen LogP contribution in [0.3, 0.4) is 0 Å². The lowest BCUT2D eigenvalue weighted by atomic mass is 10.2. The van der Waals surface area contributed by atoms with Crippen LogP contribution >= 0.6 is 33.9 Å². The van der Waals surface area contributed by atoms with Crippen LogP contribution in [0.15, 0.2) is 35.1 Å². The smallest absolute Gasteiger partial charge is 0.253 e. The Morgan fingerprint density at radius 3 is 2.53 bits per heavy atom. The second kappa shape index (κ2) is 4.28. The Morgan fingerprint density at radius 1 is 1.27 bits per heavy atom. The minimum atomic E-state index is -0.196. The Balaban J connectivity index is 2.61. The van der Waals surface area contributed by atoms with E-state index in [1.54, 1.807) is 22.6 Å². The van der Waals surface area contributed by atoms with Gasteiger partial charge in [0, 0.05) is 5.56 Å². The number of benzene rings is 1. The molecule has 0 bridgehead atoms. The van der Waals surface area contributed by atoms with Crippen LogP contribution in [0.2, 0.25) is 0 Å². The Morgan fingerprint density at radius 2 is 1.93 bits per heavy atom. The van der Waals surface area contributed by atoms with Gasteiger partial charge in [0.1, 0.15) is 8.58 Å². The molecule has 1 aromatic heterocycles. The van der Waals surface area contributed by atoms with Gasteiger partial charge in [-0.1, -0.05) is 41.7 Å². The fraction of sp³-hybridized carbons (Fsp3) is 0. The minimum Gasteiger partial charge on any atom is -0.492 e. The van der Waals surface area contributed by atoms with Crippen molar-refractivity contribution >= 4 is 33.9 Å². The molecule has 5 heteroatoms. The summed E-state index contributed by atoms with van der Waals surface area (Å²) in [5.41, 5.74) is 0.839. The number of nitrogens with zero attached hydrogens (tertiary/aromatic N) is 1. The number of hydrogen-bond donors (Lipinski definition) is 1. The van der Waals surface area contributed by atoms with E-state index in [0.717, 1.165) is 16.9 Å². The van der Waals surface area contributed by atoms with Gasteiger partial charge in [-0.2, -0.15) is 0 Å². The van der Waals surface area contributed by atoms with E-state index in [1.165, 1.54) is 0 Å². The maximum atomic E-state index is 11.4. The van der Waals surface area contributed by atoms with Crippen molar-refractivity contribution in [3.63, 3.8) is 0 Å². The van der Waals surface area contributed by atoms with Crippen LogP contribution in [0, 0.1) is 3.57 Å². The van der Waals surface area contributed by atoms with Crippen molar-refractivity contribution < 1.29 is 5.11 Å². The molecule has 3 nitrogen and oxygen atoms in total. The van der Waals surface area contributed by atoms with Crippen molar-refractivity contribution in [2.75, 3.05) is 0 Å². The Kier molecular flexibility index (Phi) is 3.01. The molecule has 1 aromatic carbocycles. The van der Waals surface area contributed by atoms with Crippen LogP contribution in [0.4, 0.5) is 0 Å². The molecule has 2 aromatic rings. The second-order valence-electron chi connectivity index (χ2n) is 2.81. The average Bonchev–Trinajstić information content (AvgIpc) is 2.26. The van der Waals surface area contributed by atoms with Crippen molar-refractivity contribution in [1.82, 2.24) is 4.98 Å². The zero-order valence-corrected chi connectivity index (χ0v) is 10.4. The summed E-state index contributed by atoms with van der Waals surface area (Å²) < 4.78 is 0.110. The third-order valence-corrected chi connectivity index (χ3v) is 4.04. The quantitative estimate of drug-likeness (QED) is 0.817. The molecule has 15 heavy (non-hydrogen) atoms. The van der Waals surface area contributed by atoms with Gasteiger partial charge in [-0.25, -0.2) is 4.98 Å². The molecule has 0 spiro atoms. The van der Waals surface area contributed by atoms with E-state index in [1.807, 2.05) is 30.3 Å². The van der Waals surface area contributed by atoms with Crippen molar-refractivity contribution in [2.24, 2.45) is 0 Å². The number of aromatic nitrogens is 1. The predicted octanol–water partition coefficient (Wildman–Crippen LogP) is 2.48. The molecule has 0 fully saturated rings. The first-order valence-corrected chi connectivity index (χ1v) is 6.03. The Bertz CT molecular complexity index is 539. The summed E-state index contributed by atoms with van der Waals surface area (Å²) in [6.07, 6.45) is 0. The fourth-order valence-corrected chi connectivity index (χ4v) is 2.29. The van der Waals surface area contributed by atoms with Gasteiger partial charge in [0.25, 0.3) is 4.74 Å². The molecule has 1 heterocycles. The molecule has 0 saturated heterocycles. The molecule has 0 atom stereocenters. The van der Waals surface area contributed by atoms with Crippen LogP contribution in [-0.2, 0) is 0 Å². The van der Waals surface area contributed by atoms with E-state index >= 15 is 0 Å². The van der Waals surface area contributed by atoms with Gasteiger partial charge in [-0.05, 0) is 22.6 Å². The van der Waals surface area contributed by atoms with Crippen molar-refractivity contribution in [3.05, 3.63) is 43.4 Å². The molecule has 0 unspecified atom stereocenters. The van der Waals surface area contributed by atoms with Gasteiger partial charge in [0.2, 0.25) is 5.88 Å². The molecule has 0 aliphatic rings. The fourth-order valence-electron chi connectivity index (χ4n) is 1.10. The molecular weight excluding hydrogens is 325 g/mol. The molecule has 0 amide bonds. The van der Waals surface area contributed by atoms with Crippen LogP contribution in [0.1, 0.15) is 0 Å². The summed E-state index contributed by atoms with van der Waals surface area (Å²) in [7, 11) is 0. The monoisotopic (exact) mass is 331 g/mol. The molecule has 1 N–H and O–H groups in total. The normalized spacial score (nSPS) is 10.2. The van der Waals surface area contributed by atoms with Crippen LogP contribution in [-0.4, -0.2) is 10.1 Å². The summed E-state index contributed by atoms with van der Waals surface area (Å²) in [4.78, 5) is 15.4. The lowest BCUT2D eigenvalue weighted by Gasteiger charge is -2.00. The summed E-state index contributed by atoms with van der Waals surface area (Å²) in [6.45, 7) is 0. The SMILES string of the molecule is O=c1sc(-c2ccccc2)nc(O)c1I. The first-order chi connectivity index (χ1) is 7.18. The molecule has 0 saturated carbocycles. The van der Waals surface area contributed by atoms with E-state index in [4.69, 9.17) is 0 Å². The third kappa shape index (κ3) is 2.18. The summed E-state index contributed by atoms with van der Waals surface area (Å²) in [5.74, 6) is -0.196. The summed E-state index contributed by atoms with van der Waals surface area (Å²) in [6, 6.07) is 9.32. The van der Waals surface area contributed by atoms with Gasteiger partial charge in [-0.3, -0.25) is 4.79 Å². The molecule has 76 valence electrons. The summed E-state index contributed by atoms with van der Waals surface area (Å²) in [5, 5.41) is 9.97. The van der Waals surface area contributed by atoms with E-state index < -0.39 is 0 Å².